The lowest BCUT2D eigenvalue weighted by molar-refractivity contribution is -0.121. The summed E-state index contributed by atoms with van der Waals surface area (Å²) in [4.78, 5) is 13.0. The van der Waals surface area contributed by atoms with Gasteiger partial charge in [0, 0.05) is 5.69 Å². The van der Waals surface area contributed by atoms with Crippen LogP contribution in [0.15, 0.2) is 48.5 Å². The molecule has 0 unspecified atom stereocenters. The van der Waals surface area contributed by atoms with Gasteiger partial charge in [0.2, 0.25) is 5.91 Å². The maximum atomic E-state index is 13.3. The van der Waals surface area contributed by atoms with Crippen LogP contribution in [0.1, 0.15) is 45.1 Å². The Morgan fingerprint density at radius 3 is 2.20 bits per heavy atom. The van der Waals surface area contributed by atoms with Crippen LogP contribution in [0.2, 0.25) is 0 Å². The first-order valence-corrected chi connectivity index (χ1v) is 8.84. The number of anilines is 1. The number of rotatable bonds is 5. The largest absolute Gasteiger partial charge is 0.491 e. The molecule has 1 aliphatic carbocycles. The predicted octanol–water partition coefficient (Wildman–Crippen LogP) is 5.06. The molecule has 132 valence electrons. The fourth-order valence-corrected chi connectivity index (χ4v) is 3.53. The number of nitrogens with one attached hydrogen (secondary N) is 1. The third kappa shape index (κ3) is 3.84. The molecular weight excluding hydrogens is 317 g/mol. The molecule has 1 saturated carbocycles. The van der Waals surface area contributed by atoms with Crippen LogP contribution in [0.25, 0.3) is 0 Å². The lowest BCUT2D eigenvalue weighted by Gasteiger charge is -2.28. The highest BCUT2D eigenvalue weighted by Gasteiger charge is 2.42. The van der Waals surface area contributed by atoms with Gasteiger partial charge in [-0.15, -0.1) is 0 Å². The van der Waals surface area contributed by atoms with Gasteiger partial charge in [-0.1, -0.05) is 25.0 Å². The highest BCUT2D eigenvalue weighted by Crippen LogP contribution is 2.42. The molecule has 0 aromatic heterocycles. The van der Waals surface area contributed by atoms with Gasteiger partial charge in [0.25, 0.3) is 0 Å². The van der Waals surface area contributed by atoms with E-state index >= 15 is 0 Å². The van der Waals surface area contributed by atoms with E-state index in [1.54, 1.807) is 12.1 Å². The summed E-state index contributed by atoms with van der Waals surface area (Å²) in [5.41, 5.74) is 1.07. The van der Waals surface area contributed by atoms with Crippen molar-refractivity contribution in [2.45, 2.75) is 51.0 Å². The van der Waals surface area contributed by atoms with E-state index < -0.39 is 5.41 Å². The van der Waals surface area contributed by atoms with Crippen molar-refractivity contribution in [1.82, 2.24) is 0 Å². The molecule has 1 fully saturated rings. The van der Waals surface area contributed by atoms with Gasteiger partial charge in [-0.05, 0) is 68.7 Å². The van der Waals surface area contributed by atoms with Crippen molar-refractivity contribution in [3.63, 3.8) is 0 Å². The van der Waals surface area contributed by atoms with Gasteiger partial charge < -0.3 is 10.1 Å². The van der Waals surface area contributed by atoms with E-state index in [2.05, 4.69) is 5.32 Å². The summed E-state index contributed by atoms with van der Waals surface area (Å²) in [7, 11) is 0. The molecule has 0 heterocycles. The molecule has 1 amide bonds. The first kappa shape index (κ1) is 17.5. The van der Waals surface area contributed by atoms with Crippen molar-refractivity contribution in [3.05, 3.63) is 59.9 Å². The topological polar surface area (TPSA) is 38.3 Å². The number of halogens is 1. The maximum absolute atomic E-state index is 13.3. The van der Waals surface area contributed by atoms with Crippen LogP contribution < -0.4 is 10.1 Å². The van der Waals surface area contributed by atoms with E-state index in [1.807, 2.05) is 38.1 Å². The molecule has 4 heteroatoms. The molecule has 0 atom stereocenters. The zero-order valence-corrected chi connectivity index (χ0v) is 14.7. The Hall–Kier alpha value is -2.36. The van der Waals surface area contributed by atoms with Crippen molar-refractivity contribution in [2.24, 2.45) is 0 Å². The van der Waals surface area contributed by atoms with Gasteiger partial charge in [-0.2, -0.15) is 0 Å². The Labute approximate surface area is 148 Å². The third-order valence-electron chi connectivity index (χ3n) is 4.77. The maximum Gasteiger partial charge on any atom is 0.235 e. The molecule has 2 aromatic rings. The summed E-state index contributed by atoms with van der Waals surface area (Å²) in [6.45, 7) is 3.95. The average Bonchev–Trinajstić information content (AvgIpc) is 3.08. The minimum atomic E-state index is -0.569. The summed E-state index contributed by atoms with van der Waals surface area (Å²) in [5, 5.41) is 3.03. The Morgan fingerprint density at radius 1 is 1.04 bits per heavy atom. The highest BCUT2D eigenvalue weighted by molar-refractivity contribution is 5.99. The van der Waals surface area contributed by atoms with Crippen molar-refractivity contribution < 1.29 is 13.9 Å². The number of hydrogen-bond donors (Lipinski definition) is 1. The normalized spacial score (nSPS) is 16.0. The van der Waals surface area contributed by atoms with Gasteiger partial charge in [0.1, 0.15) is 11.6 Å². The summed E-state index contributed by atoms with van der Waals surface area (Å²) in [5.74, 6) is 0.481. The number of amides is 1. The minimum absolute atomic E-state index is 0.0193. The van der Waals surface area contributed by atoms with Crippen LogP contribution in [0, 0.1) is 5.82 Å². The van der Waals surface area contributed by atoms with Gasteiger partial charge in [-0.3, -0.25) is 4.79 Å². The second-order valence-corrected chi connectivity index (χ2v) is 6.94. The monoisotopic (exact) mass is 341 g/mol. The summed E-state index contributed by atoms with van der Waals surface area (Å²) in [6.07, 6.45) is 3.70. The van der Waals surface area contributed by atoms with Crippen LogP contribution >= 0.6 is 0 Å². The van der Waals surface area contributed by atoms with E-state index in [1.165, 1.54) is 12.1 Å². The summed E-state index contributed by atoms with van der Waals surface area (Å²) >= 11 is 0. The molecule has 2 aromatic carbocycles. The lowest BCUT2D eigenvalue weighted by Crippen LogP contribution is -2.38. The van der Waals surface area contributed by atoms with Crippen LogP contribution in [0.4, 0.5) is 10.1 Å². The van der Waals surface area contributed by atoms with E-state index in [9.17, 15) is 9.18 Å². The summed E-state index contributed by atoms with van der Waals surface area (Å²) < 4.78 is 18.9. The quantitative estimate of drug-likeness (QED) is 0.825. The molecule has 1 N–H and O–H groups in total. The second-order valence-electron chi connectivity index (χ2n) is 6.94. The molecule has 0 saturated heterocycles. The highest BCUT2D eigenvalue weighted by atomic mass is 19.1. The van der Waals surface area contributed by atoms with Gasteiger partial charge in [-0.25, -0.2) is 4.39 Å². The molecule has 0 bridgehead atoms. The SMILES string of the molecule is CC(C)Oc1ccc(NC(=O)C2(c3ccc(F)cc3)CCCC2)cc1. The fraction of sp³-hybridized carbons (Fsp3) is 0.381. The second kappa shape index (κ2) is 7.26. The predicted molar refractivity (Wildman–Crippen MR) is 97.4 cm³/mol. The molecule has 3 rings (SSSR count). The average molecular weight is 341 g/mol. The smallest absolute Gasteiger partial charge is 0.235 e. The minimum Gasteiger partial charge on any atom is -0.491 e. The Kier molecular flexibility index (Phi) is 5.07. The van der Waals surface area contributed by atoms with E-state index in [0.29, 0.717) is 0 Å². The van der Waals surface area contributed by atoms with E-state index in [-0.39, 0.29) is 17.8 Å². The number of benzene rings is 2. The van der Waals surface area contributed by atoms with Crippen molar-refractivity contribution >= 4 is 11.6 Å². The van der Waals surface area contributed by atoms with Crippen LogP contribution in [0.5, 0.6) is 5.75 Å². The Balaban J connectivity index is 1.78. The number of carbonyl (C=O) groups is 1. The molecule has 1 aliphatic rings. The Morgan fingerprint density at radius 2 is 1.64 bits per heavy atom. The zero-order valence-electron chi connectivity index (χ0n) is 14.7. The molecule has 0 radical (unpaired) electrons. The van der Waals surface area contributed by atoms with Gasteiger partial charge in [0.05, 0.1) is 11.5 Å². The molecule has 0 spiro atoms. The molecule has 0 aliphatic heterocycles. The molecule has 25 heavy (non-hydrogen) atoms. The third-order valence-corrected chi connectivity index (χ3v) is 4.77. The van der Waals surface area contributed by atoms with Crippen LogP contribution in [-0.2, 0) is 10.2 Å². The van der Waals surface area contributed by atoms with E-state index in [0.717, 1.165) is 42.7 Å². The lowest BCUT2D eigenvalue weighted by atomic mass is 9.78. The Bertz CT molecular complexity index is 717. The van der Waals surface area contributed by atoms with Crippen molar-refractivity contribution in [3.8, 4) is 5.75 Å². The standard InChI is InChI=1S/C21H24FNO2/c1-15(2)25-19-11-9-18(10-12-19)23-20(24)21(13-3-4-14-21)16-5-7-17(22)8-6-16/h5-12,15H,3-4,13-14H2,1-2H3,(H,23,24). The van der Waals surface area contributed by atoms with Crippen molar-refractivity contribution in [2.75, 3.05) is 5.32 Å². The number of hydrogen-bond acceptors (Lipinski definition) is 2. The zero-order chi connectivity index (χ0) is 17.9. The van der Waals surface area contributed by atoms with Crippen molar-refractivity contribution in [1.29, 1.82) is 0 Å². The van der Waals surface area contributed by atoms with Crippen LogP contribution in [0.3, 0.4) is 0 Å². The first-order chi connectivity index (χ1) is 12.0. The van der Waals surface area contributed by atoms with Gasteiger partial charge in [0.15, 0.2) is 0 Å². The molecule has 3 nitrogen and oxygen atoms in total. The number of ether oxygens (including phenoxy) is 1. The fourth-order valence-electron chi connectivity index (χ4n) is 3.53. The molecular formula is C21H24FNO2. The first-order valence-electron chi connectivity index (χ1n) is 8.84. The van der Waals surface area contributed by atoms with Crippen LogP contribution in [-0.4, -0.2) is 12.0 Å². The summed E-state index contributed by atoms with van der Waals surface area (Å²) in [6, 6.07) is 13.7. The number of carbonyl (C=O) groups excluding carboxylic acids is 1. The van der Waals surface area contributed by atoms with Gasteiger partial charge >= 0.3 is 0 Å². The van der Waals surface area contributed by atoms with E-state index in [4.69, 9.17) is 4.74 Å².